The summed E-state index contributed by atoms with van der Waals surface area (Å²) in [5.41, 5.74) is 6.69. The molecule has 1 aromatic heterocycles. The lowest BCUT2D eigenvalue weighted by atomic mass is 10.2. The van der Waals surface area contributed by atoms with Gasteiger partial charge in [-0.1, -0.05) is 11.6 Å². The lowest BCUT2D eigenvalue weighted by Gasteiger charge is -2.30. The Balaban J connectivity index is 2.28. The summed E-state index contributed by atoms with van der Waals surface area (Å²) in [6, 6.07) is 3.96. The second-order valence-corrected chi connectivity index (χ2v) is 5.09. The predicted molar refractivity (Wildman–Crippen MR) is 72.6 cm³/mol. The summed E-state index contributed by atoms with van der Waals surface area (Å²) in [5, 5.41) is 0.499. The van der Waals surface area contributed by atoms with E-state index in [2.05, 4.69) is 28.8 Å². The lowest BCUT2D eigenvalue weighted by Crippen LogP contribution is -2.38. The van der Waals surface area contributed by atoms with E-state index in [-0.39, 0.29) is 0 Å². The molecule has 1 unspecified atom stereocenters. The van der Waals surface area contributed by atoms with Crippen LogP contribution in [0.3, 0.4) is 0 Å². The SMILES string of the molecule is CC1CN(C)CCCN1c1nc(Cl)ccc1N. The minimum Gasteiger partial charge on any atom is -0.396 e. The van der Waals surface area contributed by atoms with E-state index in [1.165, 1.54) is 0 Å². The Labute approximate surface area is 107 Å². The maximum absolute atomic E-state index is 5.99. The van der Waals surface area contributed by atoms with Crippen molar-refractivity contribution < 1.29 is 0 Å². The third-order valence-corrected chi connectivity index (χ3v) is 3.40. The van der Waals surface area contributed by atoms with E-state index in [0.717, 1.165) is 31.9 Å². The van der Waals surface area contributed by atoms with Gasteiger partial charge in [0, 0.05) is 19.1 Å². The molecule has 1 fully saturated rings. The summed E-state index contributed by atoms with van der Waals surface area (Å²) in [6.07, 6.45) is 1.12. The molecular formula is C12H19ClN4. The number of pyridine rings is 1. The van der Waals surface area contributed by atoms with Crippen LogP contribution in [0.4, 0.5) is 11.5 Å². The molecule has 94 valence electrons. The number of halogens is 1. The van der Waals surface area contributed by atoms with Gasteiger partial charge in [-0.25, -0.2) is 4.98 Å². The summed E-state index contributed by atoms with van der Waals surface area (Å²) < 4.78 is 0. The van der Waals surface area contributed by atoms with Crippen LogP contribution in [0.1, 0.15) is 13.3 Å². The van der Waals surface area contributed by atoms with Crippen LogP contribution < -0.4 is 10.6 Å². The fourth-order valence-electron chi connectivity index (χ4n) is 2.35. The highest BCUT2D eigenvalue weighted by atomic mass is 35.5. The first-order valence-electron chi connectivity index (χ1n) is 5.95. The van der Waals surface area contributed by atoms with Gasteiger partial charge in [0.25, 0.3) is 0 Å². The average molecular weight is 255 g/mol. The topological polar surface area (TPSA) is 45.4 Å². The summed E-state index contributed by atoms with van der Waals surface area (Å²) in [5.74, 6) is 0.820. The maximum atomic E-state index is 5.99. The Morgan fingerprint density at radius 2 is 2.18 bits per heavy atom. The molecule has 4 nitrogen and oxygen atoms in total. The zero-order valence-corrected chi connectivity index (χ0v) is 11.1. The molecule has 17 heavy (non-hydrogen) atoms. The minimum atomic E-state index is 0.399. The van der Waals surface area contributed by atoms with Crippen LogP contribution >= 0.6 is 11.6 Å². The van der Waals surface area contributed by atoms with Crippen LogP contribution in [0.5, 0.6) is 0 Å². The van der Waals surface area contributed by atoms with Crippen molar-refractivity contribution in [1.29, 1.82) is 0 Å². The lowest BCUT2D eigenvalue weighted by molar-refractivity contribution is 0.337. The van der Waals surface area contributed by atoms with Gasteiger partial charge in [-0.15, -0.1) is 0 Å². The van der Waals surface area contributed by atoms with Crippen molar-refractivity contribution in [3.8, 4) is 0 Å². The average Bonchev–Trinajstić information content (AvgIpc) is 2.43. The number of likely N-dealkylation sites (N-methyl/N-ethyl adjacent to an activating group) is 1. The van der Waals surface area contributed by atoms with Crippen molar-refractivity contribution >= 4 is 23.1 Å². The van der Waals surface area contributed by atoms with E-state index in [9.17, 15) is 0 Å². The van der Waals surface area contributed by atoms with Crippen molar-refractivity contribution in [2.24, 2.45) is 0 Å². The fraction of sp³-hybridized carbons (Fsp3) is 0.583. The van der Waals surface area contributed by atoms with E-state index in [4.69, 9.17) is 17.3 Å². The molecule has 5 heteroatoms. The Morgan fingerprint density at radius 3 is 2.94 bits per heavy atom. The van der Waals surface area contributed by atoms with Crippen LogP contribution in [0, 0.1) is 0 Å². The summed E-state index contributed by atoms with van der Waals surface area (Å²) in [7, 11) is 2.15. The van der Waals surface area contributed by atoms with Crippen LogP contribution in [0.2, 0.25) is 5.15 Å². The number of nitrogen functional groups attached to an aromatic ring is 1. The van der Waals surface area contributed by atoms with Crippen LogP contribution in [-0.4, -0.2) is 42.6 Å². The van der Waals surface area contributed by atoms with E-state index in [1.54, 1.807) is 6.07 Å². The molecule has 0 radical (unpaired) electrons. The first-order valence-corrected chi connectivity index (χ1v) is 6.33. The summed E-state index contributed by atoms with van der Waals surface area (Å²) in [6.45, 7) is 5.31. The molecule has 0 spiro atoms. The molecule has 0 saturated carbocycles. The zero-order valence-electron chi connectivity index (χ0n) is 10.4. The highest BCUT2D eigenvalue weighted by molar-refractivity contribution is 6.29. The number of anilines is 2. The van der Waals surface area contributed by atoms with E-state index < -0.39 is 0 Å². The quantitative estimate of drug-likeness (QED) is 0.777. The molecule has 1 aliphatic rings. The number of hydrogen-bond acceptors (Lipinski definition) is 4. The van der Waals surface area contributed by atoms with Gasteiger partial charge in [-0.3, -0.25) is 0 Å². The minimum absolute atomic E-state index is 0.399. The van der Waals surface area contributed by atoms with Crippen molar-refractivity contribution in [2.45, 2.75) is 19.4 Å². The summed E-state index contributed by atoms with van der Waals surface area (Å²) >= 11 is 5.95. The molecule has 0 aliphatic carbocycles. The number of rotatable bonds is 1. The smallest absolute Gasteiger partial charge is 0.153 e. The molecule has 1 atom stereocenters. The molecule has 1 saturated heterocycles. The van der Waals surface area contributed by atoms with Crippen LogP contribution in [-0.2, 0) is 0 Å². The van der Waals surface area contributed by atoms with Gasteiger partial charge in [-0.05, 0) is 39.1 Å². The third kappa shape index (κ3) is 2.82. The normalized spacial score (nSPS) is 22.5. The molecule has 2 rings (SSSR count). The first-order chi connectivity index (χ1) is 8.08. The number of aromatic nitrogens is 1. The van der Waals surface area contributed by atoms with Gasteiger partial charge in [-0.2, -0.15) is 0 Å². The van der Waals surface area contributed by atoms with Gasteiger partial charge in [0.1, 0.15) is 5.15 Å². The molecule has 1 aliphatic heterocycles. The van der Waals surface area contributed by atoms with Crippen LogP contribution in [0.15, 0.2) is 12.1 Å². The molecule has 2 N–H and O–H groups in total. The van der Waals surface area contributed by atoms with E-state index in [1.807, 2.05) is 6.07 Å². The van der Waals surface area contributed by atoms with Gasteiger partial charge >= 0.3 is 0 Å². The van der Waals surface area contributed by atoms with Gasteiger partial charge in [0.15, 0.2) is 5.82 Å². The van der Waals surface area contributed by atoms with Crippen molar-refractivity contribution in [1.82, 2.24) is 9.88 Å². The Hall–Kier alpha value is -1.00. The van der Waals surface area contributed by atoms with Crippen molar-refractivity contribution in [3.05, 3.63) is 17.3 Å². The molecule has 2 heterocycles. The third-order valence-electron chi connectivity index (χ3n) is 3.19. The zero-order chi connectivity index (χ0) is 12.4. The molecular weight excluding hydrogens is 236 g/mol. The standard InChI is InChI=1S/C12H19ClN4/c1-9-8-16(2)6-3-7-17(9)12-10(14)4-5-11(13)15-12/h4-5,9H,3,6-8,14H2,1-2H3. The van der Waals surface area contributed by atoms with Gasteiger partial charge < -0.3 is 15.5 Å². The molecule has 0 aromatic carbocycles. The molecule has 0 bridgehead atoms. The highest BCUT2D eigenvalue weighted by Crippen LogP contribution is 2.26. The van der Waals surface area contributed by atoms with Crippen LogP contribution in [0.25, 0.3) is 0 Å². The Kier molecular flexibility index (Phi) is 3.74. The second kappa shape index (κ2) is 5.10. The van der Waals surface area contributed by atoms with E-state index in [0.29, 0.717) is 16.9 Å². The molecule has 1 aromatic rings. The largest absolute Gasteiger partial charge is 0.396 e. The van der Waals surface area contributed by atoms with Gasteiger partial charge in [0.2, 0.25) is 0 Å². The number of nitrogens with zero attached hydrogens (tertiary/aromatic N) is 3. The van der Waals surface area contributed by atoms with Crippen molar-refractivity contribution in [3.63, 3.8) is 0 Å². The van der Waals surface area contributed by atoms with Crippen molar-refractivity contribution in [2.75, 3.05) is 37.3 Å². The number of hydrogen-bond donors (Lipinski definition) is 1. The summed E-state index contributed by atoms with van der Waals surface area (Å²) in [4.78, 5) is 8.95. The number of nitrogens with two attached hydrogens (primary N) is 1. The second-order valence-electron chi connectivity index (χ2n) is 4.71. The molecule has 0 amide bonds. The van der Waals surface area contributed by atoms with E-state index >= 15 is 0 Å². The maximum Gasteiger partial charge on any atom is 0.153 e. The monoisotopic (exact) mass is 254 g/mol. The fourth-order valence-corrected chi connectivity index (χ4v) is 2.50. The van der Waals surface area contributed by atoms with Gasteiger partial charge in [0.05, 0.1) is 5.69 Å². The predicted octanol–water partition coefficient (Wildman–Crippen LogP) is 1.85. The Morgan fingerprint density at radius 1 is 1.41 bits per heavy atom. The first kappa shape index (κ1) is 12.5. The highest BCUT2D eigenvalue weighted by Gasteiger charge is 2.22. The Bertz CT molecular complexity index is 396.